The van der Waals surface area contributed by atoms with Crippen LogP contribution in [0.25, 0.3) is 34.1 Å². The van der Waals surface area contributed by atoms with Crippen molar-refractivity contribution in [3.63, 3.8) is 0 Å². The monoisotopic (exact) mass is 680 g/mol. The molecule has 0 saturated carbocycles. The molecule has 0 aliphatic heterocycles. The lowest BCUT2D eigenvalue weighted by atomic mass is 9.81. The highest BCUT2D eigenvalue weighted by Crippen LogP contribution is 2.50. The van der Waals surface area contributed by atoms with Gasteiger partial charge in [0.1, 0.15) is 0 Å². The van der Waals surface area contributed by atoms with Gasteiger partial charge in [0.15, 0.2) is 0 Å². The van der Waals surface area contributed by atoms with Crippen molar-refractivity contribution >= 4 is 57.0 Å². The number of fused-ring (bicyclic) bond motifs is 4. The van der Waals surface area contributed by atoms with E-state index in [-0.39, 0.29) is 5.41 Å². The zero-order valence-electron chi connectivity index (χ0n) is 30.0. The Morgan fingerprint density at radius 2 is 0.774 bits per heavy atom. The topological polar surface area (TPSA) is 6.48 Å². The number of rotatable bonds is 8. The smallest absolute Gasteiger partial charge is 0.0468 e. The first kappa shape index (κ1) is 32.3. The van der Waals surface area contributed by atoms with Crippen molar-refractivity contribution in [2.24, 2.45) is 0 Å². The van der Waals surface area contributed by atoms with Crippen LogP contribution in [-0.4, -0.2) is 0 Å². The highest BCUT2D eigenvalue weighted by molar-refractivity contribution is 5.96. The average molecular weight is 681 g/mol. The fraction of sp³-hybridized carbons (Fsp3) is 0.0588. The van der Waals surface area contributed by atoms with Crippen molar-refractivity contribution in [3.8, 4) is 11.1 Å². The summed E-state index contributed by atoms with van der Waals surface area (Å²) >= 11 is 0. The Bertz CT molecular complexity index is 2480. The van der Waals surface area contributed by atoms with Gasteiger partial charge >= 0.3 is 0 Å². The summed E-state index contributed by atoms with van der Waals surface area (Å²) in [7, 11) is 0. The Hall–Kier alpha value is -6.64. The Balaban J connectivity index is 1.01. The third kappa shape index (κ3) is 6.09. The minimum atomic E-state index is -0.128. The summed E-state index contributed by atoms with van der Waals surface area (Å²) < 4.78 is 0. The molecule has 8 aromatic rings. The molecule has 0 atom stereocenters. The van der Waals surface area contributed by atoms with E-state index in [1.54, 1.807) is 0 Å². The summed E-state index contributed by atoms with van der Waals surface area (Å²) in [6.45, 7) is 4.73. The number of hydrogen-bond donors (Lipinski definition) is 0. The lowest BCUT2D eigenvalue weighted by molar-refractivity contribution is 0.661. The van der Waals surface area contributed by atoms with Crippen molar-refractivity contribution in [1.82, 2.24) is 0 Å². The summed E-state index contributed by atoms with van der Waals surface area (Å²) in [6.07, 6.45) is 4.46. The van der Waals surface area contributed by atoms with Crippen LogP contribution >= 0.6 is 0 Å². The van der Waals surface area contributed by atoms with Crippen LogP contribution in [0.1, 0.15) is 36.1 Å². The molecule has 2 nitrogen and oxygen atoms in total. The molecule has 0 radical (unpaired) electrons. The fourth-order valence-corrected chi connectivity index (χ4v) is 7.86. The molecule has 0 heterocycles. The van der Waals surface area contributed by atoms with Crippen LogP contribution < -0.4 is 9.80 Å². The van der Waals surface area contributed by atoms with Gasteiger partial charge in [-0.05, 0) is 129 Å². The van der Waals surface area contributed by atoms with Gasteiger partial charge in [-0.3, -0.25) is 0 Å². The van der Waals surface area contributed by atoms with E-state index in [9.17, 15) is 0 Å². The van der Waals surface area contributed by atoms with Crippen molar-refractivity contribution in [2.45, 2.75) is 19.3 Å². The third-order valence-electron chi connectivity index (χ3n) is 10.6. The van der Waals surface area contributed by atoms with E-state index in [2.05, 4.69) is 230 Å². The van der Waals surface area contributed by atoms with Gasteiger partial charge < -0.3 is 9.80 Å². The van der Waals surface area contributed by atoms with Crippen LogP contribution in [0, 0.1) is 0 Å². The predicted octanol–water partition coefficient (Wildman–Crippen LogP) is 14.3. The lowest BCUT2D eigenvalue weighted by Gasteiger charge is -2.26. The first-order valence-electron chi connectivity index (χ1n) is 18.3. The number of para-hydroxylation sites is 4. The molecule has 1 aliphatic carbocycles. The van der Waals surface area contributed by atoms with Crippen molar-refractivity contribution in [2.75, 3.05) is 9.80 Å². The van der Waals surface area contributed by atoms with Gasteiger partial charge in [0.25, 0.3) is 0 Å². The zero-order chi connectivity index (χ0) is 35.8. The van der Waals surface area contributed by atoms with Crippen molar-refractivity contribution < 1.29 is 0 Å². The van der Waals surface area contributed by atoms with Crippen LogP contribution in [-0.2, 0) is 5.41 Å². The Morgan fingerprint density at radius 1 is 0.340 bits per heavy atom. The van der Waals surface area contributed by atoms with Crippen molar-refractivity contribution in [1.29, 1.82) is 0 Å². The maximum Gasteiger partial charge on any atom is 0.0468 e. The molecule has 0 unspecified atom stereocenters. The van der Waals surface area contributed by atoms with Crippen molar-refractivity contribution in [3.05, 3.63) is 216 Å². The van der Waals surface area contributed by atoms with E-state index in [0.717, 1.165) is 34.1 Å². The lowest BCUT2D eigenvalue weighted by Crippen LogP contribution is -2.15. The van der Waals surface area contributed by atoms with Crippen LogP contribution in [0.15, 0.2) is 194 Å². The molecule has 2 heteroatoms. The quantitative estimate of drug-likeness (QED) is 0.147. The van der Waals surface area contributed by atoms with Crippen LogP contribution in [0.2, 0.25) is 0 Å². The molecule has 0 saturated heterocycles. The Labute approximate surface area is 312 Å². The first-order valence-corrected chi connectivity index (χ1v) is 18.3. The van der Waals surface area contributed by atoms with Gasteiger partial charge in [-0.15, -0.1) is 0 Å². The van der Waals surface area contributed by atoms with Gasteiger partial charge in [-0.2, -0.15) is 0 Å². The molecular formula is C51H40N2. The Kier molecular flexibility index (Phi) is 8.21. The molecule has 9 rings (SSSR count). The van der Waals surface area contributed by atoms with Gasteiger partial charge in [-0.25, -0.2) is 0 Å². The molecule has 0 aromatic heterocycles. The molecule has 8 aromatic carbocycles. The van der Waals surface area contributed by atoms with E-state index in [1.807, 2.05) is 0 Å². The Morgan fingerprint density at radius 3 is 1.32 bits per heavy atom. The van der Waals surface area contributed by atoms with Crippen LogP contribution in [0.3, 0.4) is 0 Å². The molecule has 53 heavy (non-hydrogen) atoms. The first-order chi connectivity index (χ1) is 26.0. The van der Waals surface area contributed by atoms with Crippen LogP contribution in [0.5, 0.6) is 0 Å². The second-order valence-corrected chi connectivity index (χ2v) is 14.3. The predicted molar refractivity (Wildman–Crippen MR) is 226 cm³/mol. The van der Waals surface area contributed by atoms with E-state index in [1.165, 1.54) is 44.2 Å². The largest absolute Gasteiger partial charge is 0.311 e. The standard InChI is InChI=1S/C51H40N2/c1-51(2)49-33-38(24-23-37-25-29-45(30-26-37)52(41-15-7-3-8-16-41)42-17-9-4-10-18-42)27-32-47(49)48-35-39-28-31-46(34-40(39)36-50(48)51)53(43-19-11-5-12-20-43)44-21-13-6-14-22-44/h3-36H,1-2H3. The number of hydrogen-bond acceptors (Lipinski definition) is 2. The third-order valence-corrected chi connectivity index (χ3v) is 10.6. The second-order valence-electron chi connectivity index (χ2n) is 14.3. The summed E-state index contributed by atoms with van der Waals surface area (Å²) in [5.41, 5.74) is 14.5. The number of nitrogens with zero attached hydrogens (tertiary/aromatic N) is 2. The summed E-state index contributed by atoms with van der Waals surface area (Å²) in [5.74, 6) is 0. The van der Waals surface area contributed by atoms with Gasteiger partial charge in [-0.1, -0.05) is 135 Å². The van der Waals surface area contributed by atoms with E-state index >= 15 is 0 Å². The zero-order valence-corrected chi connectivity index (χ0v) is 30.0. The molecule has 0 amide bonds. The van der Waals surface area contributed by atoms with Gasteiger partial charge in [0, 0.05) is 39.5 Å². The summed E-state index contributed by atoms with van der Waals surface area (Å²) in [5, 5.41) is 2.50. The highest BCUT2D eigenvalue weighted by Gasteiger charge is 2.35. The maximum absolute atomic E-state index is 2.42. The van der Waals surface area contributed by atoms with E-state index in [0.29, 0.717) is 0 Å². The minimum absolute atomic E-state index is 0.128. The molecule has 1 aliphatic rings. The molecule has 0 N–H and O–H groups in total. The second kappa shape index (κ2) is 13.5. The van der Waals surface area contributed by atoms with Gasteiger partial charge in [0.05, 0.1) is 0 Å². The fourth-order valence-electron chi connectivity index (χ4n) is 7.86. The summed E-state index contributed by atoms with van der Waals surface area (Å²) in [6, 6.07) is 69.8. The molecular weight excluding hydrogens is 641 g/mol. The molecule has 0 spiro atoms. The molecule has 0 bridgehead atoms. The maximum atomic E-state index is 2.42. The average Bonchev–Trinajstić information content (AvgIpc) is 3.43. The molecule has 254 valence electrons. The number of benzene rings is 8. The van der Waals surface area contributed by atoms with E-state index < -0.39 is 0 Å². The number of anilines is 6. The highest BCUT2D eigenvalue weighted by atomic mass is 15.1. The SMILES string of the molecule is CC1(C)c2cc(C=Cc3ccc(N(c4ccccc4)c4ccccc4)cc3)ccc2-c2cc3ccc(N(c4ccccc4)c4ccccc4)cc3cc21. The minimum Gasteiger partial charge on any atom is -0.311 e. The molecule has 0 fully saturated rings. The normalized spacial score (nSPS) is 12.8. The summed E-state index contributed by atoms with van der Waals surface area (Å²) in [4.78, 5) is 4.63. The van der Waals surface area contributed by atoms with Gasteiger partial charge in [0.2, 0.25) is 0 Å². The van der Waals surface area contributed by atoms with Crippen LogP contribution in [0.4, 0.5) is 34.1 Å². The van der Waals surface area contributed by atoms with E-state index in [4.69, 9.17) is 0 Å².